The van der Waals surface area contributed by atoms with Crippen molar-refractivity contribution >= 4 is 46.6 Å². The Kier molecular flexibility index (Phi) is 5.00. The van der Waals surface area contributed by atoms with Gasteiger partial charge in [-0.05, 0) is 55.8 Å². The number of benzene rings is 1. The zero-order chi connectivity index (χ0) is 18.8. The molecule has 1 aliphatic carbocycles. The first kappa shape index (κ1) is 17.8. The van der Waals surface area contributed by atoms with E-state index in [1.807, 2.05) is 37.3 Å². The number of hydrogen-bond donors (Lipinski definition) is 3. The average molecular weight is 401 g/mol. The number of aromatic amines is 1. The minimum Gasteiger partial charge on any atom is -0.326 e. The molecule has 27 heavy (non-hydrogen) atoms. The van der Waals surface area contributed by atoms with E-state index in [2.05, 4.69) is 30.8 Å². The number of aromatic nitrogens is 4. The second kappa shape index (κ2) is 7.58. The highest BCUT2D eigenvalue weighted by molar-refractivity contribution is 7.99. The maximum Gasteiger partial charge on any atom is 0.227 e. The minimum absolute atomic E-state index is 0.0953. The van der Waals surface area contributed by atoms with Crippen LogP contribution in [0.4, 0.5) is 17.3 Å². The summed E-state index contributed by atoms with van der Waals surface area (Å²) in [4.78, 5) is 21.5. The van der Waals surface area contributed by atoms with Gasteiger partial charge in [0.2, 0.25) is 5.91 Å². The van der Waals surface area contributed by atoms with Gasteiger partial charge >= 0.3 is 0 Å². The van der Waals surface area contributed by atoms with E-state index in [0.29, 0.717) is 21.9 Å². The molecule has 1 fully saturated rings. The van der Waals surface area contributed by atoms with Gasteiger partial charge in [0.05, 0.1) is 0 Å². The van der Waals surface area contributed by atoms with Crippen LogP contribution in [0.25, 0.3) is 0 Å². The highest BCUT2D eigenvalue weighted by atomic mass is 35.5. The Balaban J connectivity index is 1.44. The first-order valence-corrected chi connectivity index (χ1v) is 9.67. The summed E-state index contributed by atoms with van der Waals surface area (Å²) in [5, 5.41) is 13.9. The maximum absolute atomic E-state index is 11.8. The molecular weight excluding hydrogens is 384 g/mol. The lowest BCUT2D eigenvalue weighted by Crippen LogP contribution is -2.12. The lowest BCUT2D eigenvalue weighted by Gasteiger charge is -2.07. The first-order valence-electron chi connectivity index (χ1n) is 8.47. The first-order chi connectivity index (χ1) is 13.0. The average Bonchev–Trinajstić information content (AvgIpc) is 3.40. The molecule has 4 rings (SSSR count). The van der Waals surface area contributed by atoms with Gasteiger partial charge in [-0.1, -0.05) is 11.6 Å². The highest BCUT2D eigenvalue weighted by Crippen LogP contribution is 2.31. The number of aryl methyl sites for hydroxylation is 1. The Labute approximate surface area is 165 Å². The van der Waals surface area contributed by atoms with Crippen molar-refractivity contribution in [2.24, 2.45) is 5.92 Å². The second-order valence-electron chi connectivity index (χ2n) is 6.31. The van der Waals surface area contributed by atoms with Crippen molar-refractivity contribution in [3.8, 4) is 0 Å². The molecule has 0 aliphatic heterocycles. The standard InChI is InChI=1S/C18H17ClN6OS/c1-10-8-16(25-24-10)22-15-9-14(19)21-18(23-15)27-13-6-4-12(5-7-13)20-17(26)11-2-3-11/h4-9,11H,2-3H2,1H3,(H,20,26)(H2,21,22,23,24,25). The molecular formula is C18H17ClN6OS. The van der Waals surface area contributed by atoms with Crippen LogP contribution in [0.15, 0.2) is 46.5 Å². The van der Waals surface area contributed by atoms with Crippen LogP contribution in [0.1, 0.15) is 18.5 Å². The van der Waals surface area contributed by atoms with Gasteiger partial charge in [-0.2, -0.15) is 5.10 Å². The Morgan fingerprint density at radius 3 is 2.63 bits per heavy atom. The summed E-state index contributed by atoms with van der Waals surface area (Å²) in [6.07, 6.45) is 1.97. The lowest BCUT2D eigenvalue weighted by molar-refractivity contribution is -0.117. The number of anilines is 3. The molecule has 0 atom stereocenters. The van der Waals surface area contributed by atoms with Crippen LogP contribution in [0, 0.1) is 12.8 Å². The molecule has 1 saturated carbocycles. The van der Waals surface area contributed by atoms with E-state index in [1.165, 1.54) is 11.8 Å². The van der Waals surface area contributed by atoms with Crippen molar-refractivity contribution in [3.63, 3.8) is 0 Å². The van der Waals surface area contributed by atoms with E-state index in [9.17, 15) is 4.79 Å². The summed E-state index contributed by atoms with van der Waals surface area (Å²) in [6, 6.07) is 11.1. The van der Waals surface area contributed by atoms with Crippen molar-refractivity contribution in [1.82, 2.24) is 20.2 Å². The van der Waals surface area contributed by atoms with Gasteiger partial charge < -0.3 is 10.6 Å². The van der Waals surface area contributed by atoms with E-state index in [4.69, 9.17) is 11.6 Å². The molecule has 0 unspecified atom stereocenters. The molecule has 9 heteroatoms. The normalized spacial score (nSPS) is 13.4. The Morgan fingerprint density at radius 1 is 1.19 bits per heavy atom. The van der Waals surface area contributed by atoms with E-state index in [0.717, 1.165) is 29.1 Å². The van der Waals surface area contributed by atoms with Crippen LogP contribution in [0.3, 0.4) is 0 Å². The van der Waals surface area contributed by atoms with Crippen molar-refractivity contribution in [2.45, 2.75) is 29.8 Å². The number of amides is 1. The van der Waals surface area contributed by atoms with Crippen LogP contribution < -0.4 is 10.6 Å². The Morgan fingerprint density at radius 2 is 1.96 bits per heavy atom. The fraction of sp³-hybridized carbons (Fsp3) is 0.222. The molecule has 2 heterocycles. The Hall–Kier alpha value is -2.58. The monoisotopic (exact) mass is 400 g/mol. The summed E-state index contributed by atoms with van der Waals surface area (Å²) in [5.41, 5.74) is 1.74. The SMILES string of the molecule is Cc1cc(Nc2cc(Cl)nc(Sc3ccc(NC(=O)C4CC4)cc3)n2)n[nH]1. The van der Waals surface area contributed by atoms with E-state index in [1.54, 1.807) is 6.07 Å². The quantitative estimate of drug-likeness (QED) is 0.419. The van der Waals surface area contributed by atoms with Crippen LogP contribution in [-0.4, -0.2) is 26.1 Å². The van der Waals surface area contributed by atoms with E-state index >= 15 is 0 Å². The molecule has 7 nitrogen and oxygen atoms in total. The molecule has 1 aromatic carbocycles. The second-order valence-corrected chi connectivity index (χ2v) is 7.74. The third kappa shape index (κ3) is 4.78. The largest absolute Gasteiger partial charge is 0.326 e. The van der Waals surface area contributed by atoms with Gasteiger partial charge in [0.25, 0.3) is 0 Å². The number of rotatable bonds is 6. The topological polar surface area (TPSA) is 95.6 Å². The van der Waals surface area contributed by atoms with Gasteiger partial charge in [-0.25, -0.2) is 9.97 Å². The van der Waals surface area contributed by atoms with Crippen LogP contribution >= 0.6 is 23.4 Å². The van der Waals surface area contributed by atoms with Gasteiger partial charge in [-0.15, -0.1) is 0 Å². The summed E-state index contributed by atoms with van der Waals surface area (Å²) in [6.45, 7) is 1.92. The molecule has 0 saturated heterocycles. The van der Waals surface area contributed by atoms with Crippen molar-refractivity contribution < 1.29 is 4.79 Å². The van der Waals surface area contributed by atoms with Gasteiger partial charge in [0.1, 0.15) is 11.0 Å². The molecule has 3 N–H and O–H groups in total. The van der Waals surface area contributed by atoms with Gasteiger partial charge in [0, 0.05) is 34.3 Å². The fourth-order valence-corrected chi connectivity index (χ4v) is 3.43. The third-order valence-electron chi connectivity index (χ3n) is 3.92. The number of H-pyrrole nitrogens is 1. The molecule has 1 aliphatic rings. The molecule has 2 aromatic heterocycles. The number of nitrogens with zero attached hydrogens (tertiary/aromatic N) is 3. The van der Waals surface area contributed by atoms with Crippen molar-refractivity contribution in [1.29, 1.82) is 0 Å². The predicted octanol–water partition coefficient (Wildman–Crippen LogP) is 4.40. The third-order valence-corrected chi connectivity index (χ3v) is 4.98. The summed E-state index contributed by atoms with van der Waals surface area (Å²) in [7, 11) is 0. The molecule has 3 aromatic rings. The summed E-state index contributed by atoms with van der Waals surface area (Å²) in [5.74, 6) is 1.51. The summed E-state index contributed by atoms with van der Waals surface area (Å²) < 4.78 is 0. The summed E-state index contributed by atoms with van der Waals surface area (Å²) >= 11 is 7.52. The van der Waals surface area contributed by atoms with Crippen LogP contribution in [-0.2, 0) is 4.79 Å². The minimum atomic E-state index is 0.0953. The van der Waals surface area contributed by atoms with Crippen molar-refractivity contribution in [3.05, 3.63) is 47.2 Å². The number of halogens is 1. The highest BCUT2D eigenvalue weighted by Gasteiger charge is 2.29. The van der Waals surface area contributed by atoms with Gasteiger partial charge in [-0.3, -0.25) is 9.89 Å². The molecule has 0 radical (unpaired) electrons. The predicted molar refractivity (Wildman–Crippen MR) is 106 cm³/mol. The number of carbonyl (C=O) groups excluding carboxylic acids is 1. The smallest absolute Gasteiger partial charge is 0.227 e. The molecule has 0 spiro atoms. The molecule has 0 bridgehead atoms. The van der Waals surface area contributed by atoms with E-state index in [-0.39, 0.29) is 11.8 Å². The number of hydrogen-bond acceptors (Lipinski definition) is 6. The maximum atomic E-state index is 11.8. The zero-order valence-electron chi connectivity index (χ0n) is 14.5. The lowest BCUT2D eigenvalue weighted by atomic mass is 10.3. The molecule has 138 valence electrons. The van der Waals surface area contributed by atoms with Crippen LogP contribution in [0.2, 0.25) is 5.15 Å². The molecule has 1 amide bonds. The van der Waals surface area contributed by atoms with Crippen molar-refractivity contribution in [2.75, 3.05) is 10.6 Å². The van der Waals surface area contributed by atoms with E-state index < -0.39 is 0 Å². The number of nitrogens with one attached hydrogen (secondary N) is 3. The number of carbonyl (C=O) groups is 1. The zero-order valence-corrected chi connectivity index (χ0v) is 16.1. The Bertz CT molecular complexity index is 970. The van der Waals surface area contributed by atoms with Gasteiger partial charge in [0.15, 0.2) is 11.0 Å². The van der Waals surface area contributed by atoms with Crippen LogP contribution in [0.5, 0.6) is 0 Å². The fourth-order valence-electron chi connectivity index (χ4n) is 2.42.